The molecule has 0 saturated carbocycles. The van der Waals surface area contributed by atoms with E-state index in [-0.39, 0.29) is 18.3 Å². The van der Waals surface area contributed by atoms with Gasteiger partial charge in [0.1, 0.15) is 11.6 Å². The highest BCUT2D eigenvalue weighted by atomic mass is 35.5. The molecule has 6 heteroatoms. The average Bonchev–Trinajstić information content (AvgIpc) is 2.89. The molecule has 0 unspecified atom stereocenters. The Hall–Kier alpha value is -2.53. The largest absolute Gasteiger partial charge is 0.484 e. The molecule has 1 aromatic heterocycles. The minimum atomic E-state index is -0.270. The van der Waals surface area contributed by atoms with Crippen LogP contribution in [0.2, 0.25) is 5.02 Å². The Bertz CT molecular complexity index is 890. The van der Waals surface area contributed by atoms with Crippen molar-refractivity contribution in [1.82, 2.24) is 10.3 Å². The molecule has 25 heavy (non-hydrogen) atoms. The van der Waals surface area contributed by atoms with E-state index in [4.69, 9.17) is 16.3 Å². The summed E-state index contributed by atoms with van der Waals surface area (Å²) in [5.41, 5.74) is 2.88. The van der Waals surface area contributed by atoms with Crippen molar-refractivity contribution in [3.05, 3.63) is 64.6 Å². The molecule has 0 fully saturated rings. The van der Waals surface area contributed by atoms with Gasteiger partial charge in [-0.25, -0.2) is 4.39 Å². The molecule has 3 aromatic rings. The second-order valence-electron chi connectivity index (χ2n) is 5.76. The van der Waals surface area contributed by atoms with Crippen LogP contribution in [0, 0.1) is 12.7 Å². The Morgan fingerprint density at radius 1 is 1.24 bits per heavy atom. The summed E-state index contributed by atoms with van der Waals surface area (Å²) in [5, 5.41) is 4.28. The molecular formula is C19H18ClFN2O2. The number of halogens is 2. The highest BCUT2D eigenvalue weighted by molar-refractivity contribution is 6.30. The van der Waals surface area contributed by atoms with Crippen molar-refractivity contribution < 1.29 is 13.9 Å². The zero-order chi connectivity index (χ0) is 17.8. The van der Waals surface area contributed by atoms with Gasteiger partial charge in [-0.15, -0.1) is 0 Å². The third-order valence-electron chi connectivity index (χ3n) is 3.96. The number of hydrogen-bond acceptors (Lipinski definition) is 2. The van der Waals surface area contributed by atoms with Crippen LogP contribution in [-0.2, 0) is 11.2 Å². The number of H-pyrrole nitrogens is 1. The molecule has 0 bridgehead atoms. The van der Waals surface area contributed by atoms with Crippen LogP contribution in [0.15, 0.2) is 42.5 Å². The minimum Gasteiger partial charge on any atom is -0.484 e. The number of ether oxygens (including phenoxy) is 1. The van der Waals surface area contributed by atoms with Crippen molar-refractivity contribution in [1.29, 1.82) is 0 Å². The summed E-state index contributed by atoms with van der Waals surface area (Å²) in [6.45, 7) is 2.33. The molecule has 0 atom stereocenters. The zero-order valence-corrected chi connectivity index (χ0v) is 14.5. The number of nitrogens with one attached hydrogen (secondary N) is 2. The number of fused-ring (bicyclic) bond motifs is 1. The van der Waals surface area contributed by atoms with Gasteiger partial charge in [0.2, 0.25) is 0 Å². The van der Waals surface area contributed by atoms with Gasteiger partial charge >= 0.3 is 0 Å². The third-order valence-corrected chi connectivity index (χ3v) is 4.21. The minimum absolute atomic E-state index is 0.0663. The quantitative estimate of drug-likeness (QED) is 0.698. The summed E-state index contributed by atoms with van der Waals surface area (Å²) in [6.07, 6.45) is 0.613. The standard InChI is InChI=1S/C19H18ClFN2O2/c1-12-16(17-10-14(21)4-7-18(17)23-12)8-9-22-19(24)11-25-15-5-2-13(20)3-6-15/h2-7,10,23H,8-9,11H2,1H3,(H,22,24). The molecule has 2 N–H and O–H groups in total. The molecule has 130 valence electrons. The van der Waals surface area contributed by atoms with Gasteiger partial charge in [0.15, 0.2) is 6.61 Å². The molecule has 4 nitrogen and oxygen atoms in total. The number of carbonyl (C=O) groups is 1. The van der Waals surface area contributed by atoms with Gasteiger partial charge < -0.3 is 15.0 Å². The van der Waals surface area contributed by atoms with Crippen molar-refractivity contribution in [3.63, 3.8) is 0 Å². The number of amides is 1. The van der Waals surface area contributed by atoms with Crippen LogP contribution < -0.4 is 10.1 Å². The average molecular weight is 361 g/mol. The van der Waals surface area contributed by atoms with Crippen molar-refractivity contribution in [3.8, 4) is 5.75 Å². The van der Waals surface area contributed by atoms with Crippen molar-refractivity contribution in [2.75, 3.05) is 13.2 Å². The molecule has 1 heterocycles. The number of benzene rings is 2. The van der Waals surface area contributed by atoms with E-state index in [0.29, 0.717) is 23.7 Å². The lowest BCUT2D eigenvalue weighted by Crippen LogP contribution is -2.30. The van der Waals surface area contributed by atoms with E-state index >= 15 is 0 Å². The number of aromatic nitrogens is 1. The molecule has 2 aromatic carbocycles. The SMILES string of the molecule is Cc1[nH]c2ccc(F)cc2c1CCNC(=O)COc1ccc(Cl)cc1. The van der Waals surface area contributed by atoms with E-state index in [9.17, 15) is 9.18 Å². The van der Waals surface area contributed by atoms with Gasteiger partial charge in [-0.1, -0.05) is 11.6 Å². The Morgan fingerprint density at radius 2 is 2.00 bits per heavy atom. The number of hydrogen-bond donors (Lipinski definition) is 2. The van der Waals surface area contributed by atoms with E-state index in [0.717, 1.165) is 22.2 Å². The van der Waals surface area contributed by atoms with Crippen LogP contribution in [0.5, 0.6) is 5.75 Å². The van der Waals surface area contributed by atoms with Crippen LogP contribution in [-0.4, -0.2) is 24.0 Å². The molecule has 0 saturated heterocycles. The van der Waals surface area contributed by atoms with Crippen LogP contribution in [0.1, 0.15) is 11.3 Å². The molecule has 0 aliphatic heterocycles. The highest BCUT2D eigenvalue weighted by Crippen LogP contribution is 2.23. The first-order valence-electron chi connectivity index (χ1n) is 7.94. The first kappa shape index (κ1) is 17.3. The van der Waals surface area contributed by atoms with Crippen molar-refractivity contribution in [2.24, 2.45) is 0 Å². The Morgan fingerprint density at radius 3 is 2.76 bits per heavy atom. The molecular weight excluding hydrogens is 343 g/mol. The molecule has 0 aliphatic rings. The fraction of sp³-hybridized carbons (Fsp3) is 0.211. The van der Waals surface area contributed by atoms with E-state index in [1.54, 1.807) is 30.3 Å². The summed E-state index contributed by atoms with van der Waals surface area (Å²) in [5.74, 6) is 0.106. The van der Waals surface area contributed by atoms with Gasteiger partial charge in [0.05, 0.1) is 0 Å². The highest BCUT2D eigenvalue weighted by Gasteiger charge is 2.10. The van der Waals surface area contributed by atoms with Crippen molar-refractivity contribution >= 4 is 28.4 Å². The second-order valence-corrected chi connectivity index (χ2v) is 6.20. The maximum Gasteiger partial charge on any atom is 0.257 e. The lowest BCUT2D eigenvalue weighted by Gasteiger charge is -2.08. The predicted molar refractivity (Wildman–Crippen MR) is 96.7 cm³/mol. The van der Waals surface area contributed by atoms with E-state index < -0.39 is 0 Å². The van der Waals surface area contributed by atoms with Crippen LogP contribution in [0.3, 0.4) is 0 Å². The van der Waals surface area contributed by atoms with Gasteiger partial charge in [-0.3, -0.25) is 4.79 Å². The first-order valence-corrected chi connectivity index (χ1v) is 8.32. The smallest absolute Gasteiger partial charge is 0.257 e. The lowest BCUT2D eigenvalue weighted by molar-refractivity contribution is -0.123. The zero-order valence-electron chi connectivity index (χ0n) is 13.7. The van der Waals surface area contributed by atoms with Crippen molar-refractivity contribution in [2.45, 2.75) is 13.3 Å². The third kappa shape index (κ3) is 4.31. The molecule has 0 radical (unpaired) electrons. The van der Waals surface area contributed by atoms with E-state index in [1.807, 2.05) is 6.92 Å². The number of rotatable bonds is 6. The predicted octanol–water partition coefficient (Wildman–Crippen LogP) is 4.01. The summed E-state index contributed by atoms with van der Waals surface area (Å²) in [4.78, 5) is 15.1. The Kier molecular flexibility index (Phi) is 5.24. The number of carbonyl (C=O) groups excluding carboxylic acids is 1. The molecule has 3 rings (SSSR count). The van der Waals surface area contributed by atoms with Gasteiger partial charge in [0, 0.05) is 28.2 Å². The maximum atomic E-state index is 13.5. The van der Waals surface area contributed by atoms with Gasteiger partial charge in [-0.05, 0) is 61.4 Å². The summed E-state index contributed by atoms with van der Waals surface area (Å²) in [6, 6.07) is 11.5. The Labute approximate surface area is 149 Å². The van der Waals surface area contributed by atoms with Gasteiger partial charge in [0.25, 0.3) is 5.91 Å². The fourth-order valence-corrected chi connectivity index (χ4v) is 2.86. The van der Waals surface area contributed by atoms with Gasteiger partial charge in [-0.2, -0.15) is 0 Å². The van der Waals surface area contributed by atoms with E-state index in [2.05, 4.69) is 10.3 Å². The second kappa shape index (κ2) is 7.57. The maximum absolute atomic E-state index is 13.5. The fourth-order valence-electron chi connectivity index (χ4n) is 2.73. The van der Waals surface area contributed by atoms with Crippen LogP contribution >= 0.6 is 11.6 Å². The van der Waals surface area contributed by atoms with Crippen LogP contribution in [0.25, 0.3) is 10.9 Å². The molecule has 1 amide bonds. The molecule has 0 spiro atoms. The summed E-state index contributed by atoms with van der Waals surface area (Å²) < 4.78 is 18.8. The summed E-state index contributed by atoms with van der Waals surface area (Å²) >= 11 is 5.79. The summed E-state index contributed by atoms with van der Waals surface area (Å²) in [7, 11) is 0. The topological polar surface area (TPSA) is 54.1 Å². The normalized spacial score (nSPS) is 10.8. The first-order chi connectivity index (χ1) is 12.0. The number of aromatic amines is 1. The van der Waals surface area contributed by atoms with E-state index in [1.165, 1.54) is 12.1 Å². The monoisotopic (exact) mass is 360 g/mol. The Balaban J connectivity index is 1.52. The van der Waals surface area contributed by atoms with Crippen LogP contribution in [0.4, 0.5) is 4.39 Å². The molecule has 0 aliphatic carbocycles. The lowest BCUT2D eigenvalue weighted by atomic mass is 10.1. The number of aryl methyl sites for hydroxylation is 1.